The highest BCUT2D eigenvalue weighted by molar-refractivity contribution is 5.92. The molecule has 2 aromatic rings. The van der Waals surface area contributed by atoms with Crippen LogP contribution in [0.25, 0.3) is 0 Å². The first-order valence-electron chi connectivity index (χ1n) is 6.95. The van der Waals surface area contributed by atoms with Gasteiger partial charge in [0.2, 0.25) is 5.91 Å². The number of nitrogens with one attached hydrogen (secondary N) is 3. The first kappa shape index (κ1) is 15.5. The molecule has 0 atom stereocenters. The van der Waals surface area contributed by atoms with E-state index in [9.17, 15) is 9.59 Å². The highest BCUT2D eigenvalue weighted by Crippen LogP contribution is 2.14. The number of pyridine rings is 1. The lowest BCUT2D eigenvalue weighted by Gasteiger charge is -2.09. The second kappa shape index (κ2) is 7.78. The molecular weight excluding hydrogens is 280 g/mol. The zero-order valence-electron chi connectivity index (χ0n) is 12.3. The zero-order chi connectivity index (χ0) is 15.8. The van der Waals surface area contributed by atoms with Crippen molar-refractivity contribution < 1.29 is 9.59 Å². The van der Waals surface area contributed by atoms with Gasteiger partial charge in [0.15, 0.2) is 0 Å². The topological polar surface area (TPSA) is 83.1 Å². The first-order valence-corrected chi connectivity index (χ1v) is 6.95. The molecule has 0 aliphatic rings. The van der Waals surface area contributed by atoms with Crippen LogP contribution in [0.5, 0.6) is 0 Å². The van der Waals surface area contributed by atoms with E-state index in [0.29, 0.717) is 24.3 Å². The van der Waals surface area contributed by atoms with E-state index in [-0.39, 0.29) is 11.9 Å². The van der Waals surface area contributed by atoms with E-state index < -0.39 is 0 Å². The Bertz CT molecular complexity index is 644. The van der Waals surface area contributed by atoms with E-state index in [1.165, 1.54) is 6.92 Å². The Hall–Kier alpha value is -2.89. The van der Waals surface area contributed by atoms with Gasteiger partial charge in [0, 0.05) is 37.2 Å². The van der Waals surface area contributed by atoms with E-state index in [1.54, 1.807) is 36.7 Å². The molecule has 0 spiro atoms. The van der Waals surface area contributed by atoms with Gasteiger partial charge in [-0.2, -0.15) is 0 Å². The number of benzene rings is 1. The number of anilines is 2. The normalized spacial score (nSPS) is 9.86. The number of rotatable bonds is 5. The molecule has 6 heteroatoms. The summed E-state index contributed by atoms with van der Waals surface area (Å²) in [7, 11) is 0. The number of hydrogen-bond donors (Lipinski definition) is 3. The van der Waals surface area contributed by atoms with Crippen LogP contribution in [0.3, 0.4) is 0 Å². The quantitative estimate of drug-likeness (QED) is 0.792. The summed E-state index contributed by atoms with van der Waals surface area (Å²) in [6.07, 6.45) is 4.20. The maximum atomic E-state index is 11.8. The minimum Gasteiger partial charge on any atom is -0.338 e. The average molecular weight is 298 g/mol. The van der Waals surface area contributed by atoms with E-state index in [0.717, 1.165) is 5.56 Å². The molecule has 6 nitrogen and oxygen atoms in total. The number of aromatic nitrogens is 1. The van der Waals surface area contributed by atoms with Crippen LogP contribution in [0.15, 0.2) is 48.8 Å². The summed E-state index contributed by atoms with van der Waals surface area (Å²) in [5.41, 5.74) is 2.32. The molecule has 0 saturated heterocycles. The minimum atomic E-state index is -0.288. The van der Waals surface area contributed by atoms with Gasteiger partial charge in [-0.25, -0.2) is 4.79 Å². The van der Waals surface area contributed by atoms with Crippen molar-refractivity contribution in [1.82, 2.24) is 10.3 Å². The fourth-order valence-electron chi connectivity index (χ4n) is 1.92. The lowest BCUT2D eigenvalue weighted by molar-refractivity contribution is -0.114. The summed E-state index contributed by atoms with van der Waals surface area (Å²) in [6.45, 7) is 1.95. The zero-order valence-corrected chi connectivity index (χ0v) is 12.3. The Morgan fingerprint density at radius 2 is 1.86 bits per heavy atom. The largest absolute Gasteiger partial charge is 0.338 e. The van der Waals surface area contributed by atoms with E-state index in [1.807, 2.05) is 12.1 Å². The van der Waals surface area contributed by atoms with Crippen molar-refractivity contribution in [2.45, 2.75) is 13.3 Å². The summed E-state index contributed by atoms with van der Waals surface area (Å²) in [4.78, 5) is 26.8. The summed E-state index contributed by atoms with van der Waals surface area (Å²) < 4.78 is 0. The van der Waals surface area contributed by atoms with Gasteiger partial charge in [0.1, 0.15) is 0 Å². The molecule has 0 aliphatic heterocycles. The van der Waals surface area contributed by atoms with Crippen molar-refractivity contribution in [2.24, 2.45) is 0 Å². The van der Waals surface area contributed by atoms with Crippen molar-refractivity contribution >= 4 is 23.3 Å². The number of urea groups is 1. The Labute approximate surface area is 129 Å². The highest BCUT2D eigenvalue weighted by Gasteiger charge is 2.03. The molecule has 0 unspecified atom stereocenters. The molecular formula is C16H18N4O2. The maximum absolute atomic E-state index is 11.8. The predicted octanol–water partition coefficient (Wildman–Crippen LogP) is 2.40. The number of carbonyl (C=O) groups is 2. The van der Waals surface area contributed by atoms with E-state index in [2.05, 4.69) is 20.9 Å². The average Bonchev–Trinajstić information content (AvgIpc) is 2.48. The van der Waals surface area contributed by atoms with Gasteiger partial charge in [-0.1, -0.05) is 12.1 Å². The van der Waals surface area contributed by atoms with Crippen LogP contribution in [-0.2, 0) is 11.2 Å². The number of carbonyl (C=O) groups excluding carboxylic acids is 2. The number of nitrogens with zero attached hydrogens (tertiary/aromatic N) is 1. The molecule has 1 aromatic carbocycles. The van der Waals surface area contributed by atoms with Gasteiger partial charge in [-0.3, -0.25) is 9.78 Å². The minimum absolute atomic E-state index is 0.155. The summed E-state index contributed by atoms with van der Waals surface area (Å²) in [5.74, 6) is -0.155. The number of amides is 3. The third-order valence-corrected chi connectivity index (χ3v) is 2.86. The fraction of sp³-hybridized carbons (Fsp3) is 0.188. The summed E-state index contributed by atoms with van der Waals surface area (Å²) >= 11 is 0. The Kier molecular flexibility index (Phi) is 5.48. The predicted molar refractivity (Wildman–Crippen MR) is 85.7 cm³/mol. The van der Waals surface area contributed by atoms with Crippen molar-refractivity contribution in [1.29, 1.82) is 0 Å². The molecule has 0 bridgehead atoms. The molecule has 22 heavy (non-hydrogen) atoms. The monoisotopic (exact) mass is 298 g/mol. The van der Waals surface area contributed by atoms with Gasteiger partial charge in [-0.15, -0.1) is 0 Å². The van der Waals surface area contributed by atoms with Crippen LogP contribution in [-0.4, -0.2) is 23.5 Å². The lowest BCUT2D eigenvalue weighted by Crippen LogP contribution is -2.30. The highest BCUT2D eigenvalue weighted by atomic mass is 16.2. The molecule has 0 saturated carbocycles. The van der Waals surface area contributed by atoms with Crippen LogP contribution in [0.2, 0.25) is 0 Å². The molecule has 3 N–H and O–H groups in total. The molecule has 3 amide bonds. The lowest BCUT2D eigenvalue weighted by atomic mass is 10.2. The van der Waals surface area contributed by atoms with Crippen LogP contribution in [0.4, 0.5) is 16.2 Å². The summed E-state index contributed by atoms with van der Waals surface area (Å²) in [5, 5.41) is 8.17. The standard InChI is InChI=1S/C16H18N4O2/c1-12(21)19-14-5-2-6-15(10-14)20-16(22)18-9-7-13-4-3-8-17-11-13/h2-6,8,10-11H,7,9H2,1H3,(H,19,21)(H2,18,20,22). The van der Waals surface area contributed by atoms with Crippen LogP contribution >= 0.6 is 0 Å². The third-order valence-electron chi connectivity index (χ3n) is 2.86. The summed E-state index contributed by atoms with van der Waals surface area (Å²) in [6, 6.07) is 10.5. The molecule has 2 rings (SSSR count). The molecule has 0 fully saturated rings. The Balaban J connectivity index is 1.80. The maximum Gasteiger partial charge on any atom is 0.319 e. The van der Waals surface area contributed by atoms with Gasteiger partial charge < -0.3 is 16.0 Å². The van der Waals surface area contributed by atoms with Crippen LogP contribution < -0.4 is 16.0 Å². The van der Waals surface area contributed by atoms with E-state index >= 15 is 0 Å². The molecule has 0 radical (unpaired) electrons. The molecule has 114 valence electrons. The molecule has 1 aromatic heterocycles. The SMILES string of the molecule is CC(=O)Nc1cccc(NC(=O)NCCc2cccnc2)c1. The van der Waals surface area contributed by atoms with Gasteiger partial charge >= 0.3 is 6.03 Å². The fourth-order valence-corrected chi connectivity index (χ4v) is 1.92. The first-order chi connectivity index (χ1) is 10.6. The van der Waals surface area contributed by atoms with Crippen LogP contribution in [0, 0.1) is 0 Å². The Morgan fingerprint density at radius 1 is 1.09 bits per heavy atom. The van der Waals surface area contributed by atoms with Gasteiger partial charge in [-0.05, 0) is 36.2 Å². The smallest absolute Gasteiger partial charge is 0.319 e. The molecule has 1 heterocycles. The van der Waals surface area contributed by atoms with Gasteiger partial charge in [0.25, 0.3) is 0 Å². The second-order valence-electron chi connectivity index (χ2n) is 4.75. The van der Waals surface area contributed by atoms with E-state index in [4.69, 9.17) is 0 Å². The third kappa shape index (κ3) is 5.24. The molecule has 0 aliphatic carbocycles. The van der Waals surface area contributed by atoms with Crippen molar-refractivity contribution in [2.75, 3.05) is 17.2 Å². The van der Waals surface area contributed by atoms with Gasteiger partial charge in [0.05, 0.1) is 0 Å². The number of hydrogen-bond acceptors (Lipinski definition) is 3. The Morgan fingerprint density at radius 3 is 2.55 bits per heavy atom. The van der Waals surface area contributed by atoms with Crippen molar-refractivity contribution in [3.8, 4) is 0 Å². The van der Waals surface area contributed by atoms with Crippen molar-refractivity contribution in [3.05, 3.63) is 54.4 Å². The van der Waals surface area contributed by atoms with Crippen LogP contribution in [0.1, 0.15) is 12.5 Å². The van der Waals surface area contributed by atoms with Crippen molar-refractivity contribution in [3.63, 3.8) is 0 Å². The second-order valence-corrected chi connectivity index (χ2v) is 4.75.